The molecule has 0 radical (unpaired) electrons. The van der Waals surface area contributed by atoms with Crippen molar-refractivity contribution in [2.45, 2.75) is 25.8 Å². The second-order valence-corrected chi connectivity index (χ2v) is 4.64. The Hall–Kier alpha value is -1.97. The van der Waals surface area contributed by atoms with Gasteiger partial charge >= 0.3 is 0 Å². The molecule has 0 spiro atoms. The lowest BCUT2D eigenvalue weighted by molar-refractivity contribution is 0.541. The normalized spacial score (nSPS) is 12.2. The van der Waals surface area contributed by atoms with E-state index in [0.717, 1.165) is 18.4 Å². The van der Waals surface area contributed by atoms with E-state index in [-0.39, 0.29) is 11.7 Å². The summed E-state index contributed by atoms with van der Waals surface area (Å²) in [5.41, 5.74) is 0.658. The molecule has 0 saturated heterocycles. The second-order valence-electron chi connectivity index (χ2n) is 4.64. The minimum atomic E-state index is -0.919. The number of hydrogen-bond donors (Lipinski definition) is 1. The minimum Gasteiger partial charge on any atom is -0.373 e. The van der Waals surface area contributed by atoms with Crippen LogP contribution < -0.4 is 5.32 Å². The van der Waals surface area contributed by atoms with Crippen molar-refractivity contribution in [1.82, 2.24) is 0 Å². The Kier molecular flexibility index (Phi) is 4.66. The highest BCUT2D eigenvalue weighted by molar-refractivity contribution is 5.48. The molecule has 0 aromatic heterocycles. The van der Waals surface area contributed by atoms with E-state index in [0.29, 0.717) is 12.1 Å². The Morgan fingerprint density at radius 3 is 2.15 bits per heavy atom. The smallest absolute Gasteiger partial charge is 0.152 e. The maximum absolute atomic E-state index is 13.7. The van der Waals surface area contributed by atoms with E-state index < -0.39 is 17.5 Å². The highest BCUT2D eigenvalue weighted by atomic mass is 19.1. The summed E-state index contributed by atoms with van der Waals surface area (Å²) in [7, 11) is 0. The van der Waals surface area contributed by atoms with E-state index in [4.69, 9.17) is 0 Å². The van der Waals surface area contributed by atoms with Crippen LogP contribution in [0.3, 0.4) is 0 Å². The zero-order valence-electron chi connectivity index (χ0n) is 11.2. The molecule has 4 heteroatoms. The first kappa shape index (κ1) is 14.4. The fraction of sp³-hybridized carbons (Fsp3) is 0.250. The first-order valence-electron chi connectivity index (χ1n) is 6.58. The number of nitrogens with one attached hydrogen (secondary N) is 1. The highest BCUT2D eigenvalue weighted by Gasteiger charge is 2.17. The highest BCUT2D eigenvalue weighted by Crippen LogP contribution is 2.28. The van der Waals surface area contributed by atoms with Gasteiger partial charge in [-0.2, -0.15) is 0 Å². The van der Waals surface area contributed by atoms with Crippen LogP contribution >= 0.6 is 0 Å². The van der Waals surface area contributed by atoms with Crippen LogP contribution in [0.25, 0.3) is 0 Å². The molecule has 0 heterocycles. The lowest BCUT2D eigenvalue weighted by atomic mass is 10.0. The first-order valence-corrected chi connectivity index (χ1v) is 6.58. The number of hydrogen-bond acceptors (Lipinski definition) is 1. The van der Waals surface area contributed by atoms with E-state index in [2.05, 4.69) is 5.32 Å². The molecule has 1 unspecified atom stereocenters. The van der Waals surface area contributed by atoms with Crippen LogP contribution in [0.5, 0.6) is 0 Å². The van der Waals surface area contributed by atoms with Crippen molar-refractivity contribution >= 4 is 5.69 Å². The molecule has 2 aromatic rings. The van der Waals surface area contributed by atoms with E-state index >= 15 is 0 Å². The Bertz CT molecular complexity index is 546. The molecule has 1 N–H and O–H groups in total. The van der Waals surface area contributed by atoms with Crippen LogP contribution in [0, 0.1) is 17.5 Å². The van der Waals surface area contributed by atoms with Crippen molar-refractivity contribution in [2.24, 2.45) is 0 Å². The quantitative estimate of drug-likeness (QED) is 0.807. The summed E-state index contributed by atoms with van der Waals surface area (Å²) in [5, 5.41) is 2.84. The Balaban J connectivity index is 2.30. The van der Waals surface area contributed by atoms with E-state index in [1.807, 2.05) is 37.3 Å². The van der Waals surface area contributed by atoms with Gasteiger partial charge in [0, 0.05) is 12.1 Å². The van der Waals surface area contributed by atoms with Crippen LogP contribution in [0.4, 0.5) is 18.9 Å². The third kappa shape index (κ3) is 3.32. The zero-order chi connectivity index (χ0) is 14.5. The Morgan fingerprint density at radius 2 is 1.60 bits per heavy atom. The van der Waals surface area contributed by atoms with Crippen molar-refractivity contribution in [3.8, 4) is 0 Å². The molecule has 0 fully saturated rings. The molecule has 0 amide bonds. The maximum Gasteiger partial charge on any atom is 0.152 e. The average molecular weight is 279 g/mol. The maximum atomic E-state index is 13.7. The monoisotopic (exact) mass is 279 g/mol. The van der Waals surface area contributed by atoms with Gasteiger partial charge in [0.1, 0.15) is 11.5 Å². The molecule has 2 rings (SSSR count). The average Bonchev–Trinajstić information content (AvgIpc) is 2.42. The number of anilines is 1. The van der Waals surface area contributed by atoms with Crippen molar-refractivity contribution in [1.29, 1.82) is 0 Å². The first-order chi connectivity index (χ1) is 9.61. The van der Waals surface area contributed by atoms with Crippen LogP contribution in [0.15, 0.2) is 42.5 Å². The molecule has 0 aliphatic rings. The number of rotatable bonds is 5. The molecule has 20 heavy (non-hydrogen) atoms. The fourth-order valence-corrected chi connectivity index (χ4v) is 2.15. The number of halogens is 3. The molecule has 2 aromatic carbocycles. The minimum absolute atomic E-state index is 0.212. The lowest BCUT2D eigenvalue weighted by Gasteiger charge is -2.20. The van der Waals surface area contributed by atoms with Crippen LogP contribution in [-0.2, 0) is 0 Å². The molecule has 106 valence electrons. The van der Waals surface area contributed by atoms with Gasteiger partial charge in [0.25, 0.3) is 0 Å². The topological polar surface area (TPSA) is 12.0 Å². The largest absolute Gasteiger partial charge is 0.373 e. The second kappa shape index (κ2) is 6.46. The van der Waals surface area contributed by atoms with Crippen molar-refractivity contribution in [3.63, 3.8) is 0 Å². The van der Waals surface area contributed by atoms with Gasteiger partial charge in [-0.15, -0.1) is 0 Å². The van der Waals surface area contributed by atoms with Crippen LogP contribution in [0.1, 0.15) is 31.4 Å². The summed E-state index contributed by atoms with van der Waals surface area (Å²) in [6, 6.07) is 10.6. The Labute approximate surface area is 116 Å². The summed E-state index contributed by atoms with van der Waals surface area (Å²) in [6.07, 6.45) is 1.58. The lowest BCUT2D eigenvalue weighted by Crippen LogP contribution is -2.13. The fourth-order valence-electron chi connectivity index (χ4n) is 2.15. The molecule has 0 aliphatic carbocycles. The summed E-state index contributed by atoms with van der Waals surface area (Å²) in [6.45, 7) is 2.00. The van der Waals surface area contributed by atoms with Crippen LogP contribution in [0.2, 0.25) is 0 Å². The molecule has 1 atom stereocenters. The summed E-state index contributed by atoms with van der Waals surface area (Å²) in [5.74, 6) is -2.75. The van der Waals surface area contributed by atoms with Crippen molar-refractivity contribution < 1.29 is 13.2 Å². The molecule has 0 aliphatic heterocycles. The summed E-state index contributed by atoms with van der Waals surface area (Å²) in [4.78, 5) is 0. The van der Waals surface area contributed by atoms with Gasteiger partial charge in [-0.05, 0) is 12.0 Å². The van der Waals surface area contributed by atoms with Gasteiger partial charge in [-0.1, -0.05) is 43.7 Å². The van der Waals surface area contributed by atoms with E-state index in [1.165, 1.54) is 0 Å². The number of benzene rings is 2. The zero-order valence-corrected chi connectivity index (χ0v) is 11.2. The van der Waals surface area contributed by atoms with Gasteiger partial charge in [-0.3, -0.25) is 0 Å². The summed E-state index contributed by atoms with van der Waals surface area (Å²) < 4.78 is 40.3. The third-order valence-electron chi connectivity index (χ3n) is 3.10. The van der Waals surface area contributed by atoms with Gasteiger partial charge in [0.2, 0.25) is 0 Å². The van der Waals surface area contributed by atoms with E-state index in [1.54, 1.807) is 0 Å². The van der Waals surface area contributed by atoms with Gasteiger partial charge in [0.05, 0.1) is 6.04 Å². The SMILES string of the molecule is CCCC(Nc1c(F)cc(F)cc1F)c1ccccc1. The van der Waals surface area contributed by atoms with Crippen LogP contribution in [-0.4, -0.2) is 0 Å². The molecule has 0 bridgehead atoms. The van der Waals surface area contributed by atoms with Crippen molar-refractivity contribution in [3.05, 3.63) is 65.5 Å². The predicted octanol–water partition coefficient (Wildman–Crippen LogP) is 5.06. The predicted molar refractivity (Wildman–Crippen MR) is 74.0 cm³/mol. The van der Waals surface area contributed by atoms with Crippen molar-refractivity contribution in [2.75, 3.05) is 5.32 Å². The summed E-state index contributed by atoms with van der Waals surface area (Å²) >= 11 is 0. The van der Waals surface area contributed by atoms with Gasteiger partial charge in [-0.25, -0.2) is 13.2 Å². The van der Waals surface area contributed by atoms with Gasteiger partial charge < -0.3 is 5.32 Å². The van der Waals surface area contributed by atoms with Gasteiger partial charge in [0.15, 0.2) is 11.6 Å². The standard InChI is InChI=1S/C16H16F3N/c1-2-6-15(11-7-4-3-5-8-11)20-16-13(18)9-12(17)10-14(16)19/h3-5,7-10,15,20H,2,6H2,1H3. The molecular formula is C16H16F3N. The Morgan fingerprint density at radius 1 is 1.00 bits per heavy atom. The third-order valence-corrected chi connectivity index (χ3v) is 3.10. The van der Waals surface area contributed by atoms with E-state index in [9.17, 15) is 13.2 Å². The molecule has 0 saturated carbocycles. The molecule has 1 nitrogen and oxygen atoms in total. The molecular weight excluding hydrogens is 263 g/mol.